The number of nitrogens with zero attached hydrogens (tertiary/aromatic N) is 1. The van der Waals surface area contributed by atoms with Gasteiger partial charge >= 0.3 is 5.69 Å². The summed E-state index contributed by atoms with van der Waals surface area (Å²) in [6.45, 7) is -0.329. The van der Waals surface area contributed by atoms with Gasteiger partial charge < -0.3 is 5.11 Å². The van der Waals surface area contributed by atoms with Crippen LogP contribution >= 0.6 is 0 Å². The van der Waals surface area contributed by atoms with Crippen LogP contribution in [-0.2, 0) is 0 Å². The van der Waals surface area contributed by atoms with Gasteiger partial charge in [0.2, 0.25) is 5.82 Å². The third-order valence-electron chi connectivity index (χ3n) is 1.67. The summed E-state index contributed by atoms with van der Waals surface area (Å²) >= 11 is 0. The molecule has 0 amide bonds. The average Bonchev–Trinajstić information content (AvgIpc) is 2.16. The summed E-state index contributed by atoms with van der Waals surface area (Å²) in [5.41, 5.74) is -0.939. The third-order valence-corrected chi connectivity index (χ3v) is 1.67. The molecule has 80 valence electrons. The van der Waals surface area contributed by atoms with E-state index in [0.29, 0.717) is 6.07 Å². The first-order valence-electron chi connectivity index (χ1n) is 3.97. The SMILES string of the molecule is O=[N+]([O-])c1cc(C=CCO)c(F)cc1F. The molecule has 1 N–H and O–H groups in total. The van der Waals surface area contributed by atoms with Gasteiger partial charge in [0, 0.05) is 17.7 Å². The van der Waals surface area contributed by atoms with E-state index in [-0.39, 0.29) is 12.2 Å². The molecule has 1 aromatic rings. The molecule has 0 heterocycles. The number of rotatable bonds is 3. The first-order valence-corrected chi connectivity index (χ1v) is 3.97. The van der Waals surface area contributed by atoms with Gasteiger partial charge in [-0.1, -0.05) is 12.2 Å². The van der Waals surface area contributed by atoms with Gasteiger partial charge in [-0.15, -0.1) is 0 Å². The first-order chi connectivity index (χ1) is 7.06. The van der Waals surface area contributed by atoms with E-state index >= 15 is 0 Å². The molecule has 0 saturated heterocycles. The maximum Gasteiger partial charge on any atom is 0.305 e. The monoisotopic (exact) mass is 215 g/mol. The van der Waals surface area contributed by atoms with Gasteiger partial charge in [0.05, 0.1) is 11.5 Å². The molecule has 0 aromatic heterocycles. The highest BCUT2D eigenvalue weighted by Gasteiger charge is 2.16. The highest BCUT2D eigenvalue weighted by Crippen LogP contribution is 2.22. The summed E-state index contributed by atoms with van der Waals surface area (Å²) in [6, 6.07) is 1.21. The lowest BCUT2D eigenvalue weighted by molar-refractivity contribution is -0.387. The molecule has 15 heavy (non-hydrogen) atoms. The number of hydrogen-bond acceptors (Lipinski definition) is 3. The number of benzene rings is 1. The highest BCUT2D eigenvalue weighted by atomic mass is 19.1. The van der Waals surface area contributed by atoms with Crippen molar-refractivity contribution in [1.29, 1.82) is 0 Å². The quantitative estimate of drug-likeness (QED) is 0.618. The second-order valence-corrected chi connectivity index (χ2v) is 2.67. The minimum Gasteiger partial charge on any atom is -0.392 e. The van der Waals surface area contributed by atoms with Crippen LogP contribution in [-0.4, -0.2) is 16.6 Å². The van der Waals surface area contributed by atoms with E-state index in [4.69, 9.17) is 5.11 Å². The van der Waals surface area contributed by atoms with Crippen molar-refractivity contribution in [3.63, 3.8) is 0 Å². The lowest BCUT2D eigenvalue weighted by Gasteiger charge is -1.98. The van der Waals surface area contributed by atoms with Crippen molar-refractivity contribution in [3.05, 3.63) is 45.5 Å². The van der Waals surface area contributed by atoms with Crippen molar-refractivity contribution in [2.45, 2.75) is 0 Å². The Hall–Kier alpha value is -1.82. The highest BCUT2D eigenvalue weighted by molar-refractivity contribution is 5.54. The van der Waals surface area contributed by atoms with E-state index in [2.05, 4.69) is 0 Å². The largest absolute Gasteiger partial charge is 0.392 e. The number of aliphatic hydroxyl groups is 1. The normalized spacial score (nSPS) is 10.9. The molecule has 0 atom stereocenters. The van der Waals surface area contributed by atoms with Crippen molar-refractivity contribution in [2.75, 3.05) is 6.61 Å². The Kier molecular flexibility index (Phi) is 3.46. The molecule has 4 nitrogen and oxygen atoms in total. The Labute approximate surface area is 83.6 Å². The molecule has 0 saturated carbocycles. The van der Waals surface area contributed by atoms with E-state index in [0.717, 1.165) is 12.1 Å². The fourth-order valence-electron chi connectivity index (χ4n) is 1.00. The van der Waals surface area contributed by atoms with Gasteiger partial charge in [0.1, 0.15) is 5.82 Å². The zero-order valence-electron chi connectivity index (χ0n) is 7.48. The van der Waals surface area contributed by atoms with E-state index in [1.807, 2.05) is 0 Å². The van der Waals surface area contributed by atoms with Gasteiger partial charge in [-0.3, -0.25) is 10.1 Å². The maximum absolute atomic E-state index is 13.0. The second-order valence-electron chi connectivity index (χ2n) is 2.67. The van der Waals surface area contributed by atoms with Crippen molar-refractivity contribution in [3.8, 4) is 0 Å². The van der Waals surface area contributed by atoms with Crippen LogP contribution in [0, 0.1) is 21.7 Å². The summed E-state index contributed by atoms with van der Waals surface area (Å²) in [5.74, 6) is -2.14. The lowest BCUT2D eigenvalue weighted by Crippen LogP contribution is -1.95. The molecule has 1 rings (SSSR count). The van der Waals surface area contributed by atoms with Crippen LogP contribution in [0.1, 0.15) is 5.56 Å². The van der Waals surface area contributed by atoms with Crippen molar-refractivity contribution in [1.82, 2.24) is 0 Å². The number of nitro benzene ring substituents is 1. The maximum atomic E-state index is 13.0. The standard InChI is InChI=1S/C9H7F2NO3/c10-7-5-8(11)9(12(14)15)4-6(7)2-1-3-13/h1-2,4-5,13H,3H2. The van der Waals surface area contributed by atoms with Crippen LogP contribution in [0.5, 0.6) is 0 Å². The van der Waals surface area contributed by atoms with Crippen LogP contribution in [0.4, 0.5) is 14.5 Å². The summed E-state index contributed by atoms with van der Waals surface area (Å²) in [4.78, 5) is 9.39. The molecule has 0 spiro atoms. The molecule has 0 fully saturated rings. The van der Waals surface area contributed by atoms with Gasteiger partial charge in [0.15, 0.2) is 0 Å². The molecule has 0 aliphatic rings. The van der Waals surface area contributed by atoms with E-state index in [1.165, 1.54) is 6.08 Å². The number of aliphatic hydroxyl groups excluding tert-OH is 1. The Morgan fingerprint density at radius 2 is 2.07 bits per heavy atom. The topological polar surface area (TPSA) is 63.4 Å². The van der Waals surface area contributed by atoms with E-state index in [9.17, 15) is 18.9 Å². The Morgan fingerprint density at radius 3 is 2.60 bits per heavy atom. The molecular formula is C9H7F2NO3. The van der Waals surface area contributed by atoms with Crippen LogP contribution in [0.2, 0.25) is 0 Å². The minimum atomic E-state index is -1.22. The van der Waals surface area contributed by atoms with Gasteiger partial charge in [0.25, 0.3) is 0 Å². The minimum absolute atomic E-state index is 0.142. The number of halogens is 2. The van der Waals surface area contributed by atoms with Crippen LogP contribution in [0.25, 0.3) is 6.08 Å². The molecule has 6 heteroatoms. The van der Waals surface area contributed by atoms with E-state index < -0.39 is 22.2 Å². The smallest absolute Gasteiger partial charge is 0.305 e. The van der Waals surface area contributed by atoms with Crippen molar-refractivity contribution in [2.24, 2.45) is 0 Å². The van der Waals surface area contributed by atoms with E-state index in [1.54, 1.807) is 0 Å². The number of nitro groups is 1. The molecular weight excluding hydrogens is 208 g/mol. The average molecular weight is 215 g/mol. The predicted molar refractivity (Wildman–Crippen MR) is 49.1 cm³/mol. The third kappa shape index (κ3) is 2.57. The Bertz CT molecular complexity index is 418. The summed E-state index contributed by atoms with van der Waals surface area (Å²) in [5, 5.41) is 18.8. The van der Waals surface area contributed by atoms with Crippen molar-refractivity contribution < 1.29 is 18.8 Å². The van der Waals surface area contributed by atoms with Gasteiger partial charge in [-0.25, -0.2) is 4.39 Å². The van der Waals surface area contributed by atoms with Crippen LogP contribution < -0.4 is 0 Å². The molecule has 0 aliphatic carbocycles. The Morgan fingerprint density at radius 1 is 1.40 bits per heavy atom. The molecule has 1 aromatic carbocycles. The summed E-state index contributed by atoms with van der Waals surface area (Å²) in [6.07, 6.45) is 2.34. The predicted octanol–water partition coefficient (Wildman–Crippen LogP) is 1.88. The molecule has 0 bridgehead atoms. The molecule has 0 unspecified atom stereocenters. The zero-order valence-corrected chi connectivity index (χ0v) is 7.48. The Balaban J connectivity index is 3.23. The van der Waals surface area contributed by atoms with Crippen molar-refractivity contribution >= 4 is 11.8 Å². The van der Waals surface area contributed by atoms with Crippen LogP contribution in [0.3, 0.4) is 0 Å². The fraction of sp³-hybridized carbons (Fsp3) is 0.111. The molecule has 0 radical (unpaired) electrons. The molecule has 0 aliphatic heterocycles. The first kappa shape index (κ1) is 11.3. The lowest BCUT2D eigenvalue weighted by atomic mass is 10.1. The zero-order chi connectivity index (χ0) is 11.4. The van der Waals surface area contributed by atoms with Gasteiger partial charge in [-0.2, -0.15) is 4.39 Å². The summed E-state index contributed by atoms with van der Waals surface area (Å²) < 4.78 is 25.9. The summed E-state index contributed by atoms with van der Waals surface area (Å²) in [7, 11) is 0. The van der Waals surface area contributed by atoms with Crippen LogP contribution in [0.15, 0.2) is 18.2 Å². The fourth-order valence-corrected chi connectivity index (χ4v) is 1.00. The van der Waals surface area contributed by atoms with Gasteiger partial charge in [-0.05, 0) is 0 Å². The number of hydrogen-bond donors (Lipinski definition) is 1. The second kappa shape index (κ2) is 4.61.